The van der Waals surface area contributed by atoms with Crippen LogP contribution in [0.15, 0.2) is 29.2 Å². The van der Waals surface area contributed by atoms with Gasteiger partial charge in [-0.2, -0.15) is 0 Å². The van der Waals surface area contributed by atoms with Crippen molar-refractivity contribution in [2.75, 3.05) is 20.3 Å². The van der Waals surface area contributed by atoms with Gasteiger partial charge in [0.25, 0.3) is 0 Å². The van der Waals surface area contributed by atoms with Crippen molar-refractivity contribution in [3.05, 3.63) is 50.8 Å². The Bertz CT molecular complexity index is 1070. The Kier molecular flexibility index (Phi) is 5.88. The van der Waals surface area contributed by atoms with Crippen LogP contribution < -0.4 is 10.2 Å². The minimum Gasteiger partial charge on any atom is -0.492 e. The second kappa shape index (κ2) is 8.32. The number of ether oxygens (including phenoxy) is 2. The SMILES string of the molecule is COCCCOc1cc2c(cc1Cl)-c1cc(=O)c(C(=O)O)cn1[C@H]1[C@@H]2CCCC1(C)C. The van der Waals surface area contributed by atoms with E-state index in [1.807, 2.05) is 16.7 Å². The number of pyridine rings is 1. The predicted octanol–water partition coefficient (Wildman–Crippen LogP) is 5.13. The van der Waals surface area contributed by atoms with Gasteiger partial charge in [-0.05, 0) is 36.0 Å². The highest BCUT2D eigenvalue weighted by Gasteiger charge is 2.45. The van der Waals surface area contributed by atoms with E-state index < -0.39 is 11.4 Å². The number of aromatic nitrogens is 1. The van der Waals surface area contributed by atoms with E-state index in [4.69, 9.17) is 21.1 Å². The highest BCUT2D eigenvalue weighted by atomic mass is 35.5. The standard InChI is InChI=1S/C24H28ClNO5/c1-24(2)7-4-6-14-15-11-21(31-9-5-8-30-3)18(25)10-16(15)19-12-20(27)17(23(28)29)13-26(19)22(14)24/h10-14,22H,4-9H2,1-3H3,(H,28,29)/t14-,22+/m1/s1. The van der Waals surface area contributed by atoms with Gasteiger partial charge in [-0.1, -0.05) is 31.9 Å². The van der Waals surface area contributed by atoms with E-state index in [9.17, 15) is 14.7 Å². The summed E-state index contributed by atoms with van der Waals surface area (Å²) in [6, 6.07) is 5.36. The molecule has 4 rings (SSSR count). The summed E-state index contributed by atoms with van der Waals surface area (Å²) in [5.74, 6) is -0.375. The molecule has 0 spiro atoms. The third-order valence-electron chi connectivity index (χ3n) is 6.66. The number of halogens is 1. The molecule has 1 fully saturated rings. The Hall–Kier alpha value is -2.31. The lowest BCUT2D eigenvalue weighted by Gasteiger charge is -2.49. The first-order valence-electron chi connectivity index (χ1n) is 10.7. The van der Waals surface area contributed by atoms with Gasteiger partial charge in [0.05, 0.1) is 17.3 Å². The van der Waals surface area contributed by atoms with Crippen molar-refractivity contribution in [3.63, 3.8) is 0 Å². The predicted molar refractivity (Wildman–Crippen MR) is 120 cm³/mol. The number of aromatic carboxylic acids is 1. The summed E-state index contributed by atoms with van der Waals surface area (Å²) in [7, 11) is 1.66. The zero-order chi connectivity index (χ0) is 22.3. The summed E-state index contributed by atoms with van der Waals surface area (Å²) in [6.45, 7) is 5.55. The van der Waals surface area contributed by atoms with Crippen LogP contribution in [0.5, 0.6) is 5.75 Å². The molecule has 1 N–H and O–H groups in total. The van der Waals surface area contributed by atoms with Crippen molar-refractivity contribution in [1.29, 1.82) is 0 Å². The van der Waals surface area contributed by atoms with Crippen LogP contribution in [0.25, 0.3) is 11.3 Å². The van der Waals surface area contributed by atoms with E-state index in [0.29, 0.717) is 29.7 Å². The minimum absolute atomic E-state index is 0.0463. The largest absolute Gasteiger partial charge is 0.492 e. The Morgan fingerprint density at radius 1 is 1.29 bits per heavy atom. The molecule has 0 saturated heterocycles. The number of hydrogen-bond acceptors (Lipinski definition) is 4. The molecule has 1 aromatic heterocycles. The van der Waals surface area contributed by atoms with Gasteiger partial charge in [0.15, 0.2) is 5.43 Å². The maximum absolute atomic E-state index is 12.6. The van der Waals surface area contributed by atoms with E-state index in [0.717, 1.165) is 36.8 Å². The molecule has 6 nitrogen and oxygen atoms in total. The summed E-state index contributed by atoms with van der Waals surface area (Å²) in [4.78, 5) is 24.2. The average Bonchev–Trinajstić information content (AvgIpc) is 2.71. The lowest BCUT2D eigenvalue weighted by Crippen LogP contribution is -2.40. The summed E-state index contributed by atoms with van der Waals surface area (Å²) in [5, 5.41) is 10.0. The first-order chi connectivity index (χ1) is 14.7. The summed E-state index contributed by atoms with van der Waals surface area (Å²) >= 11 is 6.56. The number of carbonyl (C=O) groups is 1. The molecule has 0 radical (unpaired) electrons. The zero-order valence-corrected chi connectivity index (χ0v) is 18.9. The maximum Gasteiger partial charge on any atom is 0.341 e. The molecule has 2 aliphatic rings. The van der Waals surface area contributed by atoms with Gasteiger partial charge in [-0.15, -0.1) is 0 Å². The molecule has 2 heterocycles. The number of hydrogen-bond donors (Lipinski definition) is 1. The van der Waals surface area contributed by atoms with Crippen molar-refractivity contribution in [3.8, 4) is 17.0 Å². The van der Waals surface area contributed by atoms with Crippen molar-refractivity contribution in [1.82, 2.24) is 4.57 Å². The van der Waals surface area contributed by atoms with Gasteiger partial charge in [0.1, 0.15) is 11.3 Å². The number of benzene rings is 1. The molecule has 0 unspecified atom stereocenters. The topological polar surface area (TPSA) is 77.8 Å². The first-order valence-corrected chi connectivity index (χ1v) is 11.1. The van der Waals surface area contributed by atoms with Crippen LogP contribution in [-0.4, -0.2) is 36.0 Å². The molecule has 2 atom stereocenters. The van der Waals surface area contributed by atoms with E-state index >= 15 is 0 Å². The zero-order valence-electron chi connectivity index (χ0n) is 18.1. The van der Waals surface area contributed by atoms with Crippen molar-refractivity contribution >= 4 is 17.6 Å². The summed E-state index contributed by atoms with van der Waals surface area (Å²) in [6.07, 6.45) is 5.39. The smallest absolute Gasteiger partial charge is 0.341 e. The monoisotopic (exact) mass is 445 g/mol. The van der Waals surface area contributed by atoms with Crippen LogP contribution in [0.4, 0.5) is 0 Å². The van der Waals surface area contributed by atoms with E-state index in [1.165, 1.54) is 12.3 Å². The quantitative estimate of drug-likeness (QED) is 0.623. The fourth-order valence-corrected chi connectivity index (χ4v) is 5.49. The number of methoxy groups -OCH3 is 1. The Balaban J connectivity index is 1.88. The third kappa shape index (κ3) is 3.87. The molecule has 2 aromatic rings. The Labute approximate surface area is 186 Å². The van der Waals surface area contributed by atoms with Gasteiger partial charge in [0.2, 0.25) is 0 Å². The first kappa shape index (κ1) is 21.9. The van der Waals surface area contributed by atoms with Gasteiger partial charge in [-0.25, -0.2) is 4.79 Å². The molecule has 1 aliphatic heterocycles. The molecular weight excluding hydrogens is 418 g/mol. The van der Waals surface area contributed by atoms with Crippen LogP contribution in [0, 0.1) is 5.41 Å². The van der Waals surface area contributed by atoms with Crippen LogP contribution >= 0.6 is 11.6 Å². The molecule has 7 heteroatoms. The van der Waals surface area contributed by atoms with E-state index in [-0.39, 0.29) is 22.9 Å². The lowest BCUT2D eigenvalue weighted by molar-refractivity contribution is 0.0691. The summed E-state index contributed by atoms with van der Waals surface area (Å²) in [5.41, 5.74) is 1.96. The van der Waals surface area contributed by atoms with Crippen molar-refractivity contribution < 1.29 is 19.4 Å². The van der Waals surface area contributed by atoms with Crippen molar-refractivity contribution in [2.45, 2.75) is 51.5 Å². The second-order valence-electron chi connectivity index (χ2n) is 9.15. The van der Waals surface area contributed by atoms with Crippen LogP contribution in [0.3, 0.4) is 0 Å². The minimum atomic E-state index is -1.20. The highest BCUT2D eigenvalue weighted by molar-refractivity contribution is 6.32. The molecule has 1 saturated carbocycles. The number of carboxylic acids is 1. The molecular formula is C24H28ClNO5. The molecule has 0 bridgehead atoms. The number of fused-ring (bicyclic) bond motifs is 6. The van der Waals surface area contributed by atoms with E-state index in [2.05, 4.69) is 13.8 Å². The van der Waals surface area contributed by atoms with Crippen LogP contribution in [0.1, 0.15) is 67.4 Å². The third-order valence-corrected chi connectivity index (χ3v) is 6.95. The molecule has 31 heavy (non-hydrogen) atoms. The van der Waals surface area contributed by atoms with Gasteiger partial charge < -0.3 is 19.1 Å². The molecule has 166 valence electrons. The van der Waals surface area contributed by atoms with Gasteiger partial charge >= 0.3 is 5.97 Å². The van der Waals surface area contributed by atoms with E-state index in [1.54, 1.807) is 7.11 Å². The molecule has 1 aliphatic carbocycles. The fraction of sp³-hybridized carbons (Fsp3) is 0.500. The van der Waals surface area contributed by atoms with Crippen molar-refractivity contribution in [2.24, 2.45) is 5.41 Å². The van der Waals surface area contributed by atoms with Crippen LogP contribution in [0.2, 0.25) is 5.02 Å². The van der Waals surface area contributed by atoms with Gasteiger partial charge in [0, 0.05) is 49.9 Å². The highest BCUT2D eigenvalue weighted by Crippen LogP contribution is 2.57. The lowest BCUT2D eigenvalue weighted by atomic mass is 9.63. The van der Waals surface area contributed by atoms with Crippen LogP contribution in [-0.2, 0) is 4.74 Å². The second-order valence-corrected chi connectivity index (χ2v) is 9.55. The maximum atomic E-state index is 12.6. The normalized spacial score (nSPS) is 21.0. The average molecular weight is 446 g/mol. The van der Waals surface area contributed by atoms with Gasteiger partial charge in [-0.3, -0.25) is 4.79 Å². The number of rotatable bonds is 6. The number of carboxylic acid groups (broad SMARTS) is 1. The Morgan fingerprint density at radius 2 is 2.06 bits per heavy atom. The molecule has 1 aromatic carbocycles. The molecule has 0 amide bonds. The number of nitrogens with zero attached hydrogens (tertiary/aromatic N) is 1. The Morgan fingerprint density at radius 3 is 2.77 bits per heavy atom. The summed E-state index contributed by atoms with van der Waals surface area (Å²) < 4.78 is 13.0. The fourth-order valence-electron chi connectivity index (χ4n) is 5.27.